The molecular weight excluding hydrogens is 187 g/mol. The van der Waals surface area contributed by atoms with Gasteiger partial charge in [-0.05, 0) is 30.5 Å². The summed E-state index contributed by atoms with van der Waals surface area (Å²) < 4.78 is 12.8. The van der Waals surface area contributed by atoms with Crippen molar-refractivity contribution >= 4 is 11.6 Å². The van der Waals surface area contributed by atoms with Crippen molar-refractivity contribution in [3.63, 3.8) is 0 Å². The molecule has 1 aromatic rings. The summed E-state index contributed by atoms with van der Waals surface area (Å²) in [5, 5.41) is 0.182. The van der Waals surface area contributed by atoms with E-state index in [1.54, 1.807) is 12.1 Å². The summed E-state index contributed by atoms with van der Waals surface area (Å²) in [5.41, 5.74) is 2.14. The van der Waals surface area contributed by atoms with E-state index in [2.05, 4.69) is 6.58 Å². The molecular formula is C11H12ClF. The first-order valence-electron chi connectivity index (χ1n) is 4.24. The highest BCUT2D eigenvalue weighted by Gasteiger charge is 2.01. The minimum Gasteiger partial charge on any atom is -0.205 e. The molecule has 0 saturated carbocycles. The molecule has 0 amide bonds. The van der Waals surface area contributed by atoms with Crippen LogP contribution in [0.4, 0.5) is 4.39 Å². The minimum atomic E-state index is -0.368. The van der Waals surface area contributed by atoms with Crippen molar-refractivity contribution in [2.45, 2.75) is 19.8 Å². The van der Waals surface area contributed by atoms with E-state index in [0.29, 0.717) is 0 Å². The van der Waals surface area contributed by atoms with Crippen molar-refractivity contribution in [2.24, 2.45) is 0 Å². The van der Waals surface area contributed by atoms with Gasteiger partial charge in [-0.2, -0.15) is 0 Å². The molecule has 2 heteroatoms. The molecule has 0 atom stereocenters. The first-order chi connectivity index (χ1) is 6.13. The molecule has 0 radical (unpaired) electrons. The molecule has 1 rings (SSSR count). The summed E-state index contributed by atoms with van der Waals surface area (Å²) in [5.74, 6) is -0.368. The molecule has 0 aliphatic heterocycles. The Morgan fingerprint density at radius 3 is 2.77 bits per heavy atom. The van der Waals surface area contributed by atoms with Gasteiger partial charge in [-0.3, -0.25) is 0 Å². The van der Waals surface area contributed by atoms with Crippen molar-refractivity contribution < 1.29 is 4.39 Å². The zero-order chi connectivity index (χ0) is 9.84. The van der Waals surface area contributed by atoms with Gasteiger partial charge in [-0.1, -0.05) is 36.7 Å². The average Bonchev–Trinajstić information content (AvgIpc) is 2.11. The fourth-order valence-corrected chi connectivity index (χ4v) is 1.27. The first-order valence-corrected chi connectivity index (χ1v) is 4.62. The number of benzene rings is 1. The van der Waals surface area contributed by atoms with E-state index in [4.69, 9.17) is 11.6 Å². The van der Waals surface area contributed by atoms with Crippen molar-refractivity contribution in [1.82, 2.24) is 0 Å². The van der Waals surface area contributed by atoms with E-state index in [9.17, 15) is 4.39 Å². The van der Waals surface area contributed by atoms with Gasteiger partial charge in [0, 0.05) is 0 Å². The van der Waals surface area contributed by atoms with Crippen LogP contribution in [0.5, 0.6) is 0 Å². The third-order valence-electron chi connectivity index (χ3n) is 1.94. The number of rotatable bonds is 3. The number of halogens is 2. The summed E-state index contributed by atoms with van der Waals surface area (Å²) >= 11 is 5.64. The molecule has 0 spiro atoms. The lowest BCUT2D eigenvalue weighted by Gasteiger charge is -2.03. The maximum Gasteiger partial charge on any atom is 0.141 e. The van der Waals surface area contributed by atoms with Crippen molar-refractivity contribution in [3.05, 3.63) is 46.8 Å². The third-order valence-corrected chi connectivity index (χ3v) is 2.23. The van der Waals surface area contributed by atoms with Gasteiger partial charge in [0.25, 0.3) is 0 Å². The molecule has 0 aliphatic carbocycles. The molecule has 70 valence electrons. The zero-order valence-electron chi connectivity index (χ0n) is 7.61. The molecule has 0 aliphatic rings. The predicted octanol–water partition coefficient (Wildman–Crippen LogP) is 3.99. The summed E-state index contributed by atoms with van der Waals surface area (Å²) in [7, 11) is 0. The van der Waals surface area contributed by atoms with Crippen LogP contribution in [0.1, 0.15) is 18.9 Å². The summed E-state index contributed by atoms with van der Waals surface area (Å²) in [6.07, 6.45) is 1.71. The van der Waals surface area contributed by atoms with E-state index in [0.717, 1.165) is 24.0 Å². The summed E-state index contributed by atoms with van der Waals surface area (Å²) in [4.78, 5) is 0. The van der Waals surface area contributed by atoms with Crippen LogP contribution in [0.2, 0.25) is 5.02 Å². The topological polar surface area (TPSA) is 0 Å². The van der Waals surface area contributed by atoms with Crippen LogP contribution in [-0.4, -0.2) is 0 Å². The minimum absolute atomic E-state index is 0.182. The normalized spacial score (nSPS) is 10.1. The van der Waals surface area contributed by atoms with Crippen LogP contribution in [0.3, 0.4) is 0 Å². The molecule has 0 heterocycles. The molecule has 0 nitrogen and oxygen atoms in total. The van der Waals surface area contributed by atoms with Crippen molar-refractivity contribution in [2.75, 3.05) is 0 Å². The third kappa shape index (κ3) is 2.85. The molecule has 13 heavy (non-hydrogen) atoms. The first kappa shape index (κ1) is 10.3. The molecule has 1 aromatic carbocycles. The Morgan fingerprint density at radius 1 is 1.54 bits per heavy atom. The predicted molar refractivity (Wildman–Crippen MR) is 54.5 cm³/mol. The molecule has 0 unspecified atom stereocenters. The van der Waals surface area contributed by atoms with Crippen LogP contribution in [0, 0.1) is 5.82 Å². The van der Waals surface area contributed by atoms with Gasteiger partial charge < -0.3 is 0 Å². The summed E-state index contributed by atoms with van der Waals surface area (Å²) in [6.45, 7) is 5.93. The smallest absolute Gasteiger partial charge is 0.141 e. The zero-order valence-corrected chi connectivity index (χ0v) is 8.37. The van der Waals surface area contributed by atoms with Crippen LogP contribution < -0.4 is 0 Å². The Balaban J connectivity index is 2.79. The van der Waals surface area contributed by atoms with Gasteiger partial charge in [0.2, 0.25) is 0 Å². The molecule has 0 fully saturated rings. The second kappa shape index (κ2) is 4.43. The lowest BCUT2D eigenvalue weighted by Crippen LogP contribution is -1.89. The average molecular weight is 199 g/mol. The fraction of sp³-hybridized carbons (Fsp3) is 0.273. The summed E-state index contributed by atoms with van der Waals surface area (Å²) in [6, 6.07) is 4.78. The lowest BCUT2D eigenvalue weighted by molar-refractivity contribution is 0.627. The van der Waals surface area contributed by atoms with Crippen molar-refractivity contribution in [3.8, 4) is 0 Å². The van der Waals surface area contributed by atoms with Crippen LogP contribution in [0.25, 0.3) is 0 Å². The monoisotopic (exact) mass is 198 g/mol. The Hall–Kier alpha value is -0.820. The van der Waals surface area contributed by atoms with Gasteiger partial charge in [-0.15, -0.1) is 0 Å². The number of allylic oxidation sites excluding steroid dienone is 1. The largest absolute Gasteiger partial charge is 0.205 e. The second-order valence-corrected chi connectivity index (χ2v) is 3.44. The highest BCUT2D eigenvalue weighted by molar-refractivity contribution is 6.30. The van der Waals surface area contributed by atoms with Gasteiger partial charge in [0.05, 0.1) is 5.02 Å². The fourth-order valence-electron chi connectivity index (χ4n) is 1.06. The van der Waals surface area contributed by atoms with E-state index in [1.165, 1.54) is 6.07 Å². The van der Waals surface area contributed by atoms with Crippen LogP contribution >= 0.6 is 11.6 Å². The maximum atomic E-state index is 12.8. The highest BCUT2D eigenvalue weighted by Crippen LogP contribution is 2.18. The van der Waals surface area contributed by atoms with Gasteiger partial charge in [-0.25, -0.2) is 4.39 Å². The van der Waals surface area contributed by atoms with Gasteiger partial charge in [0.15, 0.2) is 0 Å². The van der Waals surface area contributed by atoms with Gasteiger partial charge >= 0.3 is 0 Å². The lowest BCUT2D eigenvalue weighted by atomic mass is 10.1. The Bertz CT molecular complexity index is 318. The van der Waals surface area contributed by atoms with E-state index in [-0.39, 0.29) is 10.8 Å². The van der Waals surface area contributed by atoms with E-state index in [1.807, 2.05) is 6.92 Å². The van der Waals surface area contributed by atoms with E-state index < -0.39 is 0 Å². The van der Waals surface area contributed by atoms with Crippen LogP contribution in [-0.2, 0) is 6.42 Å². The molecule has 0 aromatic heterocycles. The number of hydrogen-bond donors (Lipinski definition) is 0. The highest BCUT2D eigenvalue weighted by atomic mass is 35.5. The van der Waals surface area contributed by atoms with Crippen LogP contribution in [0.15, 0.2) is 30.4 Å². The van der Waals surface area contributed by atoms with Gasteiger partial charge in [0.1, 0.15) is 5.82 Å². The quantitative estimate of drug-likeness (QED) is 0.645. The van der Waals surface area contributed by atoms with E-state index >= 15 is 0 Å². The standard InChI is InChI=1S/C11H12ClF/c1-3-8(2)6-9-4-5-11(13)10(12)7-9/h4-5,7H,2-3,6H2,1H3. The second-order valence-electron chi connectivity index (χ2n) is 3.03. The molecule has 0 N–H and O–H groups in total. The Morgan fingerprint density at radius 2 is 2.23 bits per heavy atom. The number of hydrogen-bond acceptors (Lipinski definition) is 0. The molecule has 0 bridgehead atoms. The SMILES string of the molecule is C=C(CC)Cc1ccc(F)c(Cl)c1. The Kier molecular flexibility index (Phi) is 3.49. The Labute approximate surface area is 83.0 Å². The van der Waals surface area contributed by atoms with Crippen molar-refractivity contribution in [1.29, 1.82) is 0 Å². The maximum absolute atomic E-state index is 12.8. The molecule has 0 saturated heterocycles.